The van der Waals surface area contributed by atoms with Gasteiger partial charge in [-0.25, -0.2) is 4.79 Å². The van der Waals surface area contributed by atoms with Gasteiger partial charge in [0, 0.05) is 47.3 Å². The molecule has 216 valence electrons. The van der Waals surface area contributed by atoms with Gasteiger partial charge in [-0.05, 0) is 79.5 Å². The number of thiocarbonyl (C=S) groups is 1. The number of anilines is 1. The minimum absolute atomic E-state index is 0.102. The Hall–Kier alpha value is -5.02. The van der Waals surface area contributed by atoms with E-state index >= 15 is 0 Å². The minimum Gasteiger partial charge on any atom is -0.478 e. The number of aryl methyl sites for hydroxylation is 1. The maximum atomic E-state index is 13.2. The van der Waals surface area contributed by atoms with Crippen molar-refractivity contribution in [2.75, 3.05) is 11.9 Å². The number of carboxylic acids is 1. The van der Waals surface area contributed by atoms with E-state index in [1.807, 2.05) is 80.6 Å². The Morgan fingerprint density at radius 3 is 2.53 bits per heavy atom. The van der Waals surface area contributed by atoms with E-state index in [0.29, 0.717) is 11.7 Å². The van der Waals surface area contributed by atoms with Crippen LogP contribution in [0.2, 0.25) is 0 Å². The van der Waals surface area contributed by atoms with E-state index in [4.69, 9.17) is 12.2 Å². The molecule has 3 heterocycles. The molecule has 0 saturated carbocycles. The lowest BCUT2D eigenvalue weighted by Crippen LogP contribution is -2.33. The van der Waals surface area contributed by atoms with Crippen LogP contribution < -0.4 is 10.6 Å². The van der Waals surface area contributed by atoms with E-state index in [1.54, 1.807) is 24.4 Å². The van der Waals surface area contributed by atoms with Crippen molar-refractivity contribution in [3.05, 3.63) is 125 Å². The summed E-state index contributed by atoms with van der Waals surface area (Å²) < 4.78 is 2.06. The fourth-order valence-electron chi connectivity index (χ4n) is 6.02. The van der Waals surface area contributed by atoms with Crippen LogP contribution in [-0.2, 0) is 4.79 Å². The first-order valence-electron chi connectivity index (χ1n) is 14.1. The van der Waals surface area contributed by atoms with E-state index in [9.17, 15) is 14.7 Å². The molecule has 8 nitrogen and oxygen atoms in total. The topological polar surface area (TPSA) is 99.5 Å². The molecular weight excluding hydrogens is 558 g/mol. The monoisotopic (exact) mass is 589 g/mol. The summed E-state index contributed by atoms with van der Waals surface area (Å²) in [7, 11) is 0. The van der Waals surface area contributed by atoms with Crippen LogP contribution in [0, 0.1) is 13.8 Å². The molecule has 43 heavy (non-hydrogen) atoms. The van der Waals surface area contributed by atoms with Crippen molar-refractivity contribution in [1.82, 2.24) is 19.8 Å². The average molecular weight is 590 g/mol. The summed E-state index contributed by atoms with van der Waals surface area (Å²) in [6.07, 6.45) is 1.99. The molecule has 1 aliphatic heterocycles. The van der Waals surface area contributed by atoms with Gasteiger partial charge in [0.1, 0.15) is 0 Å². The molecule has 1 fully saturated rings. The van der Waals surface area contributed by atoms with Gasteiger partial charge >= 0.3 is 5.97 Å². The fourth-order valence-corrected chi connectivity index (χ4v) is 6.35. The van der Waals surface area contributed by atoms with Crippen molar-refractivity contribution in [2.45, 2.75) is 32.4 Å². The zero-order chi connectivity index (χ0) is 30.1. The number of hydrogen-bond donors (Lipinski definition) is 3. The van der Waals surface area contributed by atoms with Crippen LogP contribution >= 0.6 is 12.2 Å². The van der Waals surface area contributed by atoms with Gasteiger partial charge in [-0.3, -0.25) is 9.78 Å². The first-order chi connectivity index (χ1) is 20.8. The number of pyridine rings is 1. The van der Waals surface area contributed by atoms with Crippen LogP contribution in [0.3, 0.4) is 0 Å². The Morgan fingerprint density at radius 2 is 1.74 bits per heavy atom. The van der Waals surface area contributed by atoms with Crippen LogP contribution in [0.1, 0.15) is 51.5 Å². The quantitative estimate of drug-likeness (QED) is 0.182. The molecule has 0 spiro atoms. The van der Waals surface area contributed by atoms with Gasteiger partial charge in [0.25, 0.3) is 0 Å². The summed E-state index contributed by atoms with van der Waals surface area (Å²) in [5.41, 5.74) is 5.56. The van der Waals surface area contributed by atoms with Crippen molar-refractivity contribution < 1.29 is 14.7 Å². The number of nitrogens with one attached hydrogen (secondary N) is 2. The minimum atomic E-state index is -0.974. The number of carbonyl (C=O) groups excluding carboxylic acids is 1. The van der Waals surface area contributed by atoms with Crippen molar-refractivity contribution in [1.29, 1.82) is 0 Å². The first-order valence-corrected chi connectivity index (χ1v) is 14.5. The summed E-state index contributed by atoms with van der Waals surface area (Å²) in [6, 6.07) is 28.2. The third kappa shape index (κ3) is 5.47. The Morgan fingerprint density at radius 1 is 0.977 bits per heavy atom. The van der Waals surface area contributed by atoms with Crippen molar-refractivity contribution in [2.24, 2.45) is 0 Å². The van der Waals surface area contributed by atoms with E-state index in [0.717, 1.165) is 44.8 Å². The van der Waals surface area contributed by atoms with E-state index < -0.39 is 5.97 Å². The number of nitrogens with zero attached hydrogens (tertiary/aromatic N) is 3. The average Bonchev–Trinajstić information content (AvgIpc) is 3.50. The summed E-state index contributed by atoms with van der Waals surface area (Å²) in [5, 5.41) is 18.7. The number of fused-ring (bicyclic) bond motifs is 1. The smallest absolute Gasteiger partial charge is 0.335 e. The van der Waals surface area contributed by atoms with Gasteiger partial charge < -0.3 is 25.2 Å². The van der Waals surface area contributed by atoms with Crippen molar-refractivity contribution in [3.8, 4) is 5.69 Å². The highest BCUT2D eigenvalue weighted by Gasteiger charge is 2.41. The van der Waals surface area contributed by atoms with Gasteiger partial charge in [0.2, 0.25) is 5.91 Å². The van der Waals surface area contributed by atoms with Gasteiger partial charge in [-0.2, -0.15) is 0 Å². The summed E-state index contributed by atoms with van der Waals surface area (Å²) in [6.45, 7) is 4.43. The summed E-state index contributed by atoms with van der Waals surface area (Å²) in [5.74, 6) is -1.08. The van der Waals surface area contributed by atoms with Gasteiger partial charge in [-0.1, -0.05) is 48.5 Å². The molecule has 9 heteroatoms. The maximum Gasteiger partial charge on any atom is 0.335 e. The highest BCUT2D eigenvalue weighted by atomic mass is 32.1. The van der Waals surface area contributed by atoms with Crippen molar-refractivity contribution >= 4 is 45.7 Å². The molecule has 6 rings (SSSR count). The number of aromatic carboxylic acids is 1. The number of hydrogen-bond acceptors (Lipinski definition) is 4. The molecule has 3 aromatic carbocycles. The van der Waals surface area contributed by atoms with Crippen LogP contribution in [0.25, 0.3) is 16.5 Å². The number of benzene rings is 3. The maximum absolute atomic E-state index is 13.2. The number of amides is 1. The molecule has 0 aliphatic carbocycles. The molecule has 0 radical (unpaired) electrons. The normalized spacial score (nSPS) is 16.3. The molecule has 2 aromatic heterocycles. The fraction of sp³-hybridized carbons (Fsp3) is 0.176. The van der Waals surface area contributed by atoms with Gasteiger partial charge in [0.15, 0.2) is 5.11 Å². The second kappa shape index (κ2) is 11.7. The molecule has 3 N–H and O–H groups in total. The van der Waals surface area contributed by atoms with Crippen LogP contribution in [0.5, 0.6) is 0 Å². The first kappa shape index (κ1) is 28.1. The lowest BCUT2D eigenvalue weighted by molar-refractivity contribution is -0.116. The summed E-state index contributed by atoms with van der Waals surface area (Å²) in [4.78, 5) is 31.6. The predicted octanol–water partition coefficient (Wildman–Crippen LogP) is 6.34. The Labute approximate surface area is 255 Å². The standard InChI is InChI=1S/C34H31N5O3S/c1-21-19-27(22(2)39(21)25-12-7-11-24(20-25)33(41)42)32-31(29-14-5-6-17-35-29)37-34(43)38(32)18-16-30(40)36-28-15-8-10-23-9-3-4-13-26(23)28/h3-15,17,19-20,31-32H,16,18H2,1-2H3,(H,36,40)(H,37,43)(H,41,42)/t31-,32+/m1/s1. The SMILES string of the molecule is Cc1cc([C@H]2[C@@H](c3ccccn3)NC(=S)N2CCC(=O)Nc2cccc3ccccc23)c(C)n1-c1cccc(C(=O)O)c1. The molecule has 1 saturated heterocycles. The summed E-state index contributed by atoms with van der Waals surface area (Å²) >= 11 is 5.84. The molecule has 1 amide bonds. The van der Waals surface area contributed by atoms with Gasteiger partial charge in [0.05, 0.1) is 23.3 Å². The molecule has 0 bridgehead atoms. The molecule has 1 aliphatic rings. The Kier molecular flexibility index (Phi) is 7.65. The molecule has 2 atom stereocenters. The van der Waals surface area contributed by atoms with Crippen molar-refractivity contribution in [3.63, 3.8) is 0 Å². The highest BCUT2D eigenvalue weighted by Crippen LogP contribution is 2.41. The van der Waals surface area contributed by atoms with E-state index in [-0.39, 0.29) is 30.0 Å². The highest BCUT2D eigenvalue weighted by molar-refractivity contribution is 7.80. The zero-order valence-electron chi connectivity index (χ0n) is 23.8. The second-order valence-corrected chi connectivity index (χ2v) is 11.0. The molecule has 0 unspecified atom stereocenters. The van der Waals surface area contributed by atoms with E-state index in [2.05, 4.69) is 31.2 Å². The second-order valence-electron chi connectivity index (χ2n) is 10.7. The van der Waals surface area contributed by atoms with E-state index in [1.165, 1.54) is 0 Å². The number of carbonyl (C=O) groups is 2. The predicted molar refractivity (Wildman–Crippen MR) is 172 cm³/mol. The third-order valence-corrected chi connectivity index (χ3v) is 8.33. The lowest BCUT2D eigenvalue weighted by Gasteiger charge is -2.28. The Bertz CT molecular complexity index is 1850. The number of aromatic nitrogens is 2. The third-order valence-electron chi connectivity index (χ3n) is 7.98. The van der Waals surface area contributed by atoms with Gasteiger partial charge in [-0.15, -0.1) is 0 Å². The number of rotatable bonds is 8. The molecular formula is C34H31N5O3S. The largest absolute Gasteiger partial charge is 0.478 e. The van der Waals surface area contributed by atoms with Crippen LogP contribution in [-0.4, -0.2) is 43.1 Å². The Balaban J connectivity index is 1.32. The van der Waals surface area contributed by atoms with Crippen LogP contribution in [0.4, 0.5) is 5.69 Å². The lowest BCUT2D eigenvalue weighted by atomic mass is 9.96. The zero-order valence-corrected chi connectivity index (χ0v) is 24.6. The van der Waals surface area contributed by atoms with Crippen LogP contribution in [0.15, 0.2) is 97.2 Å². The molecule has 5 aromatic rings. The number of carboxylic acid groups (broad SMARTS) is 1.